The van der Waals surface area contributed by atoms with Crippen molar-refractivity contribution in [2.75, 3.05) is 0 Å². The first kappa shape index (κ1) is 12.0. The van der Waals surface area contributed by atoms with Gasteiger partial charge in [-0.2, -0.15) is 0 Å². The van der Waals surface area contributed by atoms with Crippen molar-refractivity contribution in [1.82, 2.24) is 0 Å². The van der Waals surface area contributed by atoms with Crippen molar-refractivity contribution in [3.63, 3.8) is 0 Å². The van der Waals surface area contributed by atoms with Gasteiger partial charge >= 0.3 is 0 Å². The Balaban J connectivity index is 2.00. The van der Waals surface area contributed by atoms with Crippen LogP contribution in [-0.4, -0.2) is 18.0 Å². The van der Waals surface area contributed by atoms with Gasteiger partial charge in [-0.25, -0.2) is 0 Å². The van der Waals surface area contributed by atoms with E-state index in [0.29, 0.717) is 16.9 Å². The first-order valence-electron chi connectivity index (χ1n) is 7.14. The highest BCUT2D eigenvalue weighted by molar-refractivity contribution is 5.19. The molecule has 0 aromatic rings. The monoisotopic (exact) mass is 238 g/mol. The van der Waals surface area contributed by atoms with E-state index < -0.39 is 0 Å². The molecule has 3 aliphatic rings. The lowest BCUT2D eigenvalue weighted by Crippen LogP contribution is -2.55. The van der Waals surface area contributed by atoms with Crippen LogP contribution in [0.5, 0.6) is 0 Å². The fourth-order valence-corrected chi connectivity index (χ4v) is 5.11. The normalized spacial score (nSPS) is 56.6. The quantitative estimate of drug-likeness (QED) is 0.640. The Morgan fingerprint density at radius 2 is 1.76 bits per heavy atom. The van der Waals surface area contributed by atoms with Gasteiger partial charge in [0.25, 0.3) is 0 Å². The predicted molar refractivity (Wildman–Crippen MR) is 67.7 cm³/mol. The van der Waals surface area contributed by atoms with E-state index in [-0.39, 0.29) is 11.9 Å². The second kappa shape index (κ2) is 3.27. The fraction of sp³-hybridized carbons (Fsp3) is 1.00. The molecule has 0 aromatic carbocycles. The van der Waals surface area contributed by atoms with Crippen molar-refractivity contribution in [2.45, 2.75) is 78.3 Å². The molecule has 2 saturated carbocycles. The van der Waals surface area contributed by atoms with Gasteiger partial charge in [0.15, 0.2) is 6.29 Å². The van der Waals surface area contributed by atoms with Gasteiger partial charge in [-0.1, -0.05) is 20.8 Å². The third kappa shape index (κ3) is 1.29. The van der Waals surface area contributed by atoms with Gasteiger partial charge in [-0.15, -0.1) is 0 Å². The molecule has 98 valence electrons. The average molecular weight is 238 g/mol. The largest absolute Gasteiger partial charge is 0.350 e. The Hall–Kier alpha value is -0.0800. The van der Waals surface area contributed by atoms with Crippen molar-refractivity contribution in [3.8, 4) is 0 Å². The molecule has 2 nitrogen and oxygen atoms in total. The van der Waals surface area contributed by atoms with Crippen molar-refractivity contribution < 1.29 is 9.47 Å². The number of hydrogen-bond donors (Lipinski definition) is 0. The minimum atomic E-state index is -0.0364. The molecule has 5 atom stereocenters. The molecular formula is C15H26O2. The van der Waals surface area contributed by atoms with Gasteiger partial charge in [0.1, 0.15) is 0 Å². The van der Waals surface area contributed by atoms with Crippen LogP contribution in [-0.2, 0) is 9.47 Å². The lowest BCUT2D eigenvalue weighted by atomic mass is 9.62. The third-order valence-corrected chi connectivity index (χ3v) is 6.45. The molecule has 2 aliphatic carbocycles. The van der Waals surface area contributed by atoms with Crippen LogP contribution in [0.3, 0.4) is 0 Å². The van der Waals surface area contributed by atoms with E-state index in [2.05, 4.69) is 34.6 Å². The van der Waals surface area contributed by atoms with Crippen LogP contribution in [0.1, 0.15) is 60.3 Å². The highest BCUT2D eigenvalue weighted by Crippen LogP contribution is 2.72. The van der Waals surface area contributed by atoms with E-state index in [9.17, 15) is 0 Å². The lowest BCUT2D eigenvalue weighted by molar-refractivity contribution is -0.304. The van der Waals surface area contributed by atoms with Gasteiger partial charge < -0.3 is 9.47 Å². The van der Waals surface area contributed by atoms with Crippen LogP contribution >= 0.6 is 0 Å². The summed E-state index contributed by atoms with van der Waals surface area (Å²) in [6.07, 6.45) is 5.33. The Morgan fingerprint density at radius 1 is 1.06 bits per heavy atom. The summed E-state index contributed by atoms with van der Waals surface area (Å²) in [5.74, 6) is 0.838. The minimum Gasteiger partial charge on any atom is -0.350 e. The maximum atomic E-state index is 6.36. The fourth-order valence-electron chi connectivity index (χ4n) is 5.11. The molecule has 1 heterocycles. The lowest BCUT2D eigenvalue weighted by Gasteiger charge is -2.53. The van der Waals surface area contributed by atoms with E-state index >= 15 is 0 Å². The summed E-state index contributed by atoms with van der Waals surface area (Å²) in [5, 5.41) is 0. The van der Waals surface area contributed by atoms with Crippen LogP contribution in [0.2, 0.25) is 0 Å². The highest BCUT2D eigenvalue weighted by atomic mass is 16.7. The van der Waals surface area contributed by atoms with Crippen molar-refractivity contribution in [1.29, 1.82) is 0 Å². The summed E-state index contributed by atoms with van der Waals surface area (Å²) in [6, 6.07) is 0. The van der Waals surface area contributed by atoms with Crippen molar-refractivity contribution >= 4 is 0 Å². The molecule has 1 aliphatic heterocycles. The first-order chi connectivity index (χ1) is 7.81. The van der Waals surface area contributed by atoms with Gasteiger partial charge in [-0.05, 0) is 44.4 Å². The van der Waals surface area contributed by atoms with Gasteiger partial charge in [0.2, 0.25) is 0 Å². The van der Waals surface area contributed by atoms with Gasteiger partial charge in [0.05, 0.1) is 11.7 Å². The highest BCUT2D eigenvalue weighted by Gasteiger charge is 2.70. The topological polar surface area (TPSA) is 18.5 Å². The van der Waals surface area contributed by atoms with Crippen molar-refractivity contribution in [3.05, 3.63) is 0 Å². The molecule has 0 amide bonds. The minimum absolute atomic E-state index is 0.0364. The standard InChI is InChI=1S/C15H26O2/c1-10-8-15(17-11(2)16-10)9-12-6-7-14(15,5)13(12,3)4/h10-12H,6-9H2,1-5H3. The van der Waals surface area contributed by atoms with Crippen LogP contribution in [0.4, 0.5) is 0 Å². The van der Waals surface area contributed by atoms with Crippen LogP contribution in [0.15, 0.2) is 0 Å². The molecule has 0 aromatic heterocycles. The number of ether oxygens (including phenoxy) is 2. The zero-order chi connectivity index (χ0) is 12.5. The van der Waals surface area contributed by atoms with Crippen LogP contribution < -0.4 is 0 Å². The predicted octanol–water partition coefficient (Wildman–Crippen LogP) is 3.74. The van der Waals surface area contributed by atoms with E-state index in [1.807, 2.05) is 0 Å². The third-order valence-electron chi connectivity index (χ3n) is 6.45. The summed E-state index contributed by atoms with van der Waals surface area (Å²) in [5.41, 5.74) is 0.831. The molecular weight excluding hydrogens is 212 g/mol. The first-order valence-corrected chi connectivity index (χ1v) is 7.14. The summed E-state index contributed by atoms with van der Waals surface area (Å²) >= 11 is 0. The summed E-state index contributed by atoms with van der Waals surface area (Å²) in [4.78, 5) is 0. The summed E-state index contributed by atoms with van der Waals surface area (Å²) in [7, 11) is 0. The van der Waals surface area contributed by atoms with Crippen LogP contribution in [0.25, 0.3) is 0 Å². The SMILES string of the molecule is CC1CC2(CC3CCC2(C)C3(C)C)OC(C)O1. The second-order valence-electron chi connectivity index (χ2n) is 7.32. The Labute approximate surface area is 105 Å². The van der Waals surface area contributed by atoms with Gasteiger partial charge in [0, 0.05) is 11.8 Å². The number of fused-ring (bicyclic) bond motifs is 3. The molecule has 3 fully saturated rings. The number of rotatable bonds is 0. The molecule has 2 bridgehead atoms. The average Bonchev–Trinajstić information content (AvgIpc) is 2.48. The maximum absolute atomic E-state index is 6.36. The smallest absolute Gasteiger partial charge is 0.155 e. The molecule has 1 saturated heterocycles. The Kier molecular flexibility index (Phi) is 2.30. The molecule has 3 rings (SSSR count). The number of hydrogen-bond acceptors (Lipinski definition) is 2. The van der Waals surface area contributed by atoms with E-state index in [1.54, 1.807) is 0 Å². The Bertz CT molecular complexity index is 326. The summed E-state index contributed by atoms with van der Waals surface area (Å²) < 4.78 is 12.1. The van der Waals surface area contributed by atoms with Crippen LogP contribution in [0, 0.1) is 16.7 Å². The molecule has 0 radical (unpaired) electrons. The van der Waals surface area contributed by atoms with E-state index in [1.165, 1.54) is 19.3 Å². The van der Waals surface area contributed by atoms with Crippen molar-refractivity contribution in [2.24, 2.45) is 16.7 Å². The van der Waals surface area contributed by atoms with E-state index in [4.69, 9.17) is 9.47 Å². The van der Waals surface area contributed by atoms with Gasteiger partial charge in [-0.3, -0.25) is 0 Å². The molecule has 17 heavy (non-hydrogen) atoms. The van der Waals surface area contributed by atoms with E-state index in [0.717, 1.165) is 12.3 Å². The second-order valence-corrected chi connectivity index (χ2v) is 7.32. The zero-order valence-electron chi connectivity index (χ0n) is 11.9. The Morgan fingerprint density at radius 3 is 2.24 bits per heavy atom. The zero-order valence-corrected chi connectivity index (χ0v) is 11.9. The molecule has 2 heteroatoms. The summed E-state index contributed by atoms with van der Waals surface area (Å²) in [6.45, 7) is 11.6. The molecule has 5 unspecified atom stereocenters. The molecule has 1 spiro atoms. The maximum Gasteiger partial charge on any atom is 0.155 e. The molecule has 0 N–H and O–H groups in total.